The lowest BCUT2D eigenvalue weighted by Gasteiger charge is -2.20. The van der Waals surface area contributed by atoms with Crippen LogP contribution in [0.4, 0.5) is 0 Å². The highest BCUT2D eigenvalue weighted by Gasteiger charge is 2.25. The molecule has 1 rings (SSSR count). The third-order valence-electron chi connectivity index (χ3n) is 2.75. The summed E-state index contributed by atoms with van der Waals surface area (Å²) in [4.78, 5) is 23.4. The van der Waals surface area contributed by atoms with Gasteiger partial charge >= 0.3 is 11.9 Å². The highest BCUT2D eigenvalue weighted by atomic mass is 16.6. The van der Waals surface area contributed by atoms with E-state index in [2.05, 4.69) is 0 Å². The highest BCUT2D eigenvalue weighted by molar-refractivity contribution is 5.89. The Labute approximate surface area is 125 Å². The summed E-state index contributed by atoms with van der Waals surface area (Å²) in [5.41, 5.74) is 0.446. The quantitative estimate of drug-likeness (QED) is 0.724. The molecule has 116 valence electrons. The lowest BCUT2D eigenvalue weighted by Crippen LogP contribution is -2.34. The van der Waals surface area contributed by atoms with Gasteiger partial charge < -0.3 is 14.2 Å². The minimum Gasteiger partial charge on any atom is -0.478 e. The van der Waals surface area contributed by atoms with E-state index in [9.17, 15) is 9.59 Å². The first-order chi connectivity index (χ1) is 9.99. The molecule has 0 heterocycles. The Morgan fingerprint density at radius 1 is 1.00 bits per heavy atom. The van der Waals surface area contributed by atoms with Crippen molar-refractivity contribution in [2.75, 3.05) is 13.2 Å². The third-order valence-corrected chi connectivity index (χ3v) is 2.75. The van der Waals surface area contributed by atoms with Gasteiger partial charge in [-0.1, -0.05) is 13.8 Å². The van der Waals surface area contributed by atoms with Gasteiger partial charge in [-0.3, -0.25) is 0 Å². The fourth-order valence-corrected chi connectivity index (χ4v) is 1.71. The van der Waals surface area contributed by atoms with Crippen LogP contribution in [0.1, 0.15) is 38.1 Å². The molecule has 0 amide bonds. The van der Waals surface area contributed by atoms with Crippen molar-refractivity contribution in [1.29, 1.82) is 0 Å². The van der Waals surface area contributed by atoms with Crippen molar-refractivity contribution in [1.82, 2.24) is 0 Å². The van der Waals surface area contributed by atoms with Gasteiger partial charge in [-0.15, -0.1) is 0 Å². The molecule has 0 saturated carbocycles. The van der Waals surface area contributed by atoms with E-state index in [1.165, 1.54) is 0 Å². The first-order valence-electron chi connectivity index (χ1n) is 7.10. The summed E-state index contributed by atoms with van der Waals surface area (Å²) in [6.07, 6.45) is -0.668. The van der Waals surface area contributed by atoms with E-state index < -0.39 is 6.10 Å². The maximum atomic E-state index is 11.8. The van der Waals surface area contributed by atoms with Gasteiger partial charge in [0.2, 0.25) is 0 Å². The molecular weight excluding hydrogens is 272 g/mol. The topological polar surface area (TPSA) is 61.8 Å². The zero-order valence-electron chi connectivity index (χ0n) is 12.9. The fourth-order valence-electron chi connectivity index (χ4n) is 1.71. The molecule has 0 aliphatic carbocycles. The number of rotatable bonds is 7. The lowest BCUT2D eigenvalue weighted by molar-refractivity contribution is -0.153. The molecule has 21 heavy (non-hydrogen) atoms. The van der Waals surface area contributed by atoms with E-state index >= 15 is 0 Å². The van der Waals surface area contributed by atoms with Crippen molar-refractivity contribution in [2.45, 2.75) is 33.8 Å². The molecule has 1 unspecified atom stereocenters. The molecule has 0 aliphatic rings. The molecule has 0 radical (unpaired) electrons. The predicted molar refractivity (Wildman–Crippen MR) is 78.3 cm³/mol. The van der Waals surface area contributed by atoms with Crippen molar-refractivity contribution in [3.63, 3.8) is 0 Å². The van der Waals surface area contributed by atoms with Crippen molar-refractivity contribution < 1.29 is 23.8 Å². The Kier molecular flexibility index (Phi) is 6.72. The van der Waals surface area contributed by atoms with Crippen LogP contribution in [0.2, 0.25) is 0 Å². The zero-order chi connectivity index (χ0) is 15.8. The highest BCUT2D eigenvalue weighted by Crippen LogP contribution is 2.18. The molecule has 1 aromatic carbocycles. The van der Waals surface area contributed by atoms with Crippen molar-refractivity contribution in [3.05, 3.63) is 29.8 Å². The molecule has 0 aliphatic heterocycles. The summed E-state index contributed by atoms with van der Waals surface area (Å²) in [6.45, 7) is 7.91. The van der Waals surface area contributed by atoms with Gasteiger partial charge in [0.05, 0.1) is 18.8 Å². The Balaban J connectivity index is 2.76. The summed E-state index contributed by atoms with van der Waals surface area (Å²) < 4.78 is 15.6. The van der Waals surface area contributed by atoms with E-state index in [0.717, 1.165) is 0 Å². The number of carbonyl (C=O) groups excluding carboxylic acids is 2. The van der Waals surface area contributed by atoms with Crippen LogP contribution in [-0.4, -0.2) is 31.3 Å². The largest absolute Gasteiger partial charge is 0.478 e. The number of esters is 2. The summed E-state index contributed by atoms with van der Waals surface area (Å²) >= 11 is 0. The van der Waals surface area contributed by atoms with Gasteiger partial charge in [0.1, 0.15) is 5.75 Å². The molecule has 1 aromatic rings. The molecule has 0 fully saturated rings. The second-order valence-corrected chi connectivity index (χ2v) is 4.78. The molecule has 5 nitrogen and oxygen atoms in total. The maximum absolute atomic E-state index is 11.8. The molecule has 0 saturated heterocycles. The molecule has 0 spiro atoms. The number of hydrogen-bond acceptors (Lipinski definition) is 5. The van der Waals surface area contributed by atoms with Gasteiger partial charge in [-0.25, -0.2) is 9.59 Å². The average molecular weight is 294 g/mol. The molecule has 0 N–H and O–H groups in total. The minimum atomic E-state index is -0.668. The van der Waals surface area contributed by atoms with Crippen LogP contribution in [-0.2, 0) is 14.3 Å². The predicted octanol–water partition coefficient (Wildman–Crippen LogP) is 2.83. The van der Waals surface area contributed by atoms with Crippen molar-refractivity contribution >= 4 is 11.9 Å². The van der Waals surface area contributed by atoms with E-state index in [-0.39, 0.29) is 17.9 Å². The summed E-state index contributed by atoms with van der Waals surface area (Å²) in [5, 5.41) is 0. The zero-order valence-corrected chi connectivity index (χ0v) is 12.9. The Morgan fingerprint density at radius 2 is 1.57 bits per heavy atom. The molecule has 1 atom stereocenters. The first-order valence-corrected chi connectivity index (χ1v) is 7.10. The Bertz CT molecular complexity index is 464. The normalized spacial score (nSPS) is 11.9. The van der Waals surface area contributed by atoms with E-state index in [0.29, 0.717) is 24.5 Å². The van der Waals surface area contributed by atoms with Crippen molar-refractivity contribution in [3.8, 4) is 5.75 Å². The van der Waals surface area contributed by atoms with Gasteiger partial charge in [-0.05, 0) is 38.1 Å². The Hall–Kier alpha value is -2.04. The summed E-state index contributed by atoms with van der Waals surface area (Å²) in [7, 11) is 0. The number of hydrogen-bond donors (Lipinski definition) is 0. The summed E-state index contributed by atoms with van der Waals surface area (Å²) in [5.74, 6) is -0.277. The fraction of sp³-hybridized carbons (Fsp3) is 0.500. The standard InChI is InChI=1S/C16H22O5/c1-5-19-15(17)12-7-9-13(10-8-12)21-14(11(3)4)16(18)20-6-2/h7-11,14H,5-6H2,1-4H3. The third kappa shape index (κ3) is 5.10. The van der Waals surface area contributed by atoms with Gasteiger partial charge in [-0.2, -0.15) is 0 Å². The van der Waals surface area contributed by atoms with Crippen LogP contribution in [0.5, 0.6) is 5.75 Å². The number of ether oxygens (including phenoxy) is 3. The smallest absolute Gasteiger partial charge is 0.347 e. The van der Waals surface area contributed by atoms with Crippen LogP contribution in [0, 0.1) is 5.92 Å². The molecule has 5 heteroatoms. The van der Waals surface area contributed by atoms with Gasteiger partial charge in [0, 0.05) is 5.92 Å². The van der Waals surface area contributed by atoms with Crippen LogP contribution in [0.15, 0.2) is 24.3 Å². The Morgan fingerprint density at radius 3 is 2.05 bits per heavy atom. The second-order valence-electron chi connectivity index (χ2n) is 4.78. The van der Waals surface area contributed by atoms with E-state index in [1.807, 2.05) is 13.8 Å². The first kappa shape index (κ1) is 17.0. The van der Waals surface area contributed by atoms with Crippen LogP contribution in [0.25, 0.3) is 0 Å². The SMILES string of the molecule is CCOC(=O)c1ccc(OC(C(=O)OCC)C(C)C)cc1. The van der Waals surface area contributed by atoms with Gasteiger partial charge in [0.15, 0.2) is 6.10 Å². The van der Waals surface area contributed by atoms with E-state index in [4.69, 9.17) is 14.2 Å². The average Bonchev–Trinajstić information content (AvgIpc) is 2.45. The van der Waals surface area contributed by atoms with Crippen LogP contribution >= 0.6 is 0 Å². The van der Waals surface area contributed by atoms with Crippen molar-refractivity contribution in [2.24, 2.45) is 5.92 Å². The molecule has 0 aromatic heterocycles. The monoisotopic (exact) mass is 294 g/mol. The maximum Gasteiger partial charge on any atom is 0.347 e. The number of carbonyl (C=O) groups is 2. The van der Waals surface area contributed by atoms with Crippen LogP contribution < -0.4 is 4.74 Å². The minimum absolute atomic E-state index is 0.0196. The lowest BCUT2D eigenvalue weighted by atomic mass is 10.1. The van der Waals surface area contributed by atoms with Gasteiger partial charge in [0.25, 0.3) is 0 Å². The molecule has 0 bridgehead atoms. The molecular formula is C16H22O5. The van der Waals surface area contributed by atoms with E-state index in [1.54, 1.807) is 38.1 Å². The number of benzene rings is 1. The summed E-state index contributed by atoms with van der Waals surface area (Å²) in [6, 6.07) is 6.49. The van der Waals surface area contributed by atoms with Crippen LogP contribution in [0.3, 0.4) is 0 Å². The second kappa shape index (κ2) is 8.29.